The topological polar surface area (TPSA) is 65.4 Å². The Balaban J connectivity index is 1.90. The SMILES string of the molecule is N/C(Cn1ccnc1)=N\OCc1cccc(Br)c1F. The van der Waals surface area contributed by atoms with Gasteiger partial charge in [-0.2, -0.15) is 0 Å². The van der Waals surface area contributed by atoms with Crippen molar-refractivity contribution < 1.29 is 9.23 Å². The van der Waals surface area contributed by atoms with E-state index in [0.717, 1.165) is 0 Å². The predicted octanol–water partition coefficient (Wildman–Crippen LogP) is 2.27. The molecule has 0 fully saturated rings. The van der Waals surface area contributed by atoms with Gasteiger partial charge >= 0.3 is 0 Å². The van der Waals surface area contributed by atoms with Crippen molar-refractivity contribution >= 4 is 21.8 Å². The number of hydrogen-bond donors (Lipinski definition) is 1. The first-order valence-electron chi connectivity index (χ1n) is 5.49. The van der Waals surface area contributed by atoms with E-state index in [1.807, 2.05) is 0 Å². The van der Waals surface area contributed by atoms with Crippen molar-refractivity contribution in [1.29, 1.82) is 0 Å². The average molecular weight is 327 g/mol. The molecule has 19 heavy (non-hydrogen) atoms. The summed E-state index contributed by atoms with van der Waals surface area (Å²) in [5.41, 5.74) is 6.08. The number of oxime groups is 1. The molecule has 2 N–H and O–H groups in total. The second-order valence-corrected chi connectivity index (χ2v) is 4.66. The number of amidine groups is 1. The lowest BCUT2D eigenvalue weighted by Crippen LogP contribution is -2.19. The Morgan fingerprint density at radius 2 is 2.37 bits per heavy atom. The smallest absolute Gasteiger partial charge is 0.159 e. The van der Waals surface area contributed by atoms with Gasteiger partial charge in [-0.25, -0.2) is 9.37 Å². The normalized spacial score (nSPS) is 11.6. The van der Waals surface area contributed by atoms with Crippen molar-refractivity contribution in [1.82, 2.24) is 9.55 Å². The molecule has 7 heteroatoms. The lowest BCUT2D eigenvalue weighted by atomic mass is 10.2. The summed E-state index contributed by atoms with van der Waals surface area (Å²) in [6.45, 7) is 0.400. The van der Waals surface area contributed by atoms with Crippen molar-refractivity contribution in [2.24, 2.45) is 10.9 Å². The zero-order chi connectivity index (χ0) is 13.7. The Hall–Kier alpha value is -1.89. The molecule has 0 unspecified atom stereocenters. The lowest BCUT2D eigenvalue weighted by Gasteiger charge is -2.05. The quantitative estimate of drug-likeness (QED) is 0.520. The first-order valence-corrected chi connectivity index (χ1v) is 6.29. The van der Waals surface area contributed by atoms with Crippen LogP contribution in [0.4, 0.5) is 4.39 Å². The van der Waals surface area contributed by atoms with Crippen molar-refractivity contribution in [3.05, 3.63) is 52.8 Å². The second-order valence-electron chi connectivity index (χ2n) is 3.80. The highest BCUT2D eigenvalue weighted by atomic mass is 79.9. The standard InChI is InChI=1S/C12H12BrFN4O/c13-10-3-1-2-9(12(10)14)7-19-17-11(15)6-18-5-4-16-8-18/h1-5,8H,6-7H2,(H2,15,17). The highest BCUT2D eigenvalue weighted by molar-refractivity contribution is 9.10. The molecular formula is C12H12BrFN4O. The maximum atomic E-state index is 13.6. The fraction of sp³-hybridized carbons (Fsp3) is 0.167. The fourth-order valence-corrected chi connectivity index (χ4v) is 1.85. The number of aromatic nitrogens is 2. The van der Waals surface area contributed by atoms with E-state index in [1.54, 1.807) is 41.5 Å². The molecule has 5 nitrogen and oxygen atoms in total. The number of benzene rings is 1. The Labute approximate surface area is 118 Å². The van der Waals surface area contributed by atoms with E-state index < -0.39 is 0 Å². The summed E-state index contributed by atoms with van der Waals surface area (Å²) in [6.07, 6.45) is 5.03. The van der Waals surface area contributed by atoms with Crippen LogP contribution in [0.1, 0.15) is 5.56 Å². The Bertz CT molecular complexity index is 571. The number of nitrogens with two attached hydrogens (primary N) is 1. The van der Waals surface area contributed by atoms with Gasteiger partial charge in [0, 0.05) is 18.0 Å². The van der Waals surface area contributed by atoms with Gasteiger partial charge in [0.25, 0.3) is 0 Å². The second kappa shape index (κ2) is 6.33. The molecule has 100 valence electrons. The Morgan fingerprint density at radius 1 is 1.53 bits per heavy atom. The molecule has 0 spiro atoms. The Kier molecular flexibility index (Phi) is 4.51. The summed E-state index contributed by atoms with van der Waals surface area (Å²) in [5, 5.41) is 3.73. The summed E-state index contributed by atoms with van der Waals surface area (Å²) >= 11 is 3.11. The molecule has 0 saturated carbocycles. The van der Waals surface area contributed by atoms with Crippen molar-refractivity contribution in [3.8, 4) is 0 Å². The zero-order valence-electron chi connectivity index (χ0n) is 9.96. The Morgan fingerprint density at radius 3 is 3.11 bits per heavy atom. The molecule has 0 aliphatic rings. The molecule has 2 aromatic rings. The monoisotopic (exact) mass is 326 g/mol. The molecule has 2 rings (SSSR count). The first-order chi connectivity index (χ1) is 9.16. The van der Waals surface area contributed by atoms with Crippen molar-refractivity contribution in [2.75, 3.05) is 0 Å². The molecule has 0 saturated heterocycles. The van der Waals surface area contributed by atoms with Crippen LogP contribution in [0, 0.1) is 5.82 Å². The third-order valence-electron chi connectivity index (χ3n) is 2.34. The summed E-state index contributed by atoms with van der Waals surface area (Å²) in [6, 6.07) is 4.97. The number of halogens is 2. The highest BCUT2D eigenvalue weighted by Crippen LogP contribution is 2.19. The molecule has 0 amide bonds. The third kappa shape index (κ3) is 3.78. The van der Waals surface area contributed by atoms with Gasteiger partial charge in [0.05, 0.1) is 17.3 Å². The number of rotatable bonds is 5. The van der Waals surface area contributed by atoms with Crippen LogP contribution < -0.4 is 5.73 Å². The first kappa shape index (κ1) is 13.5. The molecule has 0 bridgehead atoms. The van der Waals surface area contributed by atoms with Gasteiger partial charge in [0.2, 0.25) is 0 Å². The lowest BCUT2D eigenvalue weighted by molar-refractivity contribution is 0.126. The van der Waals surface area contributed by atoms with Gasteiger partial charge in [-0.15, -0.1) is 0 Å². The van der Waals surface area contributed by atoms with Crippen LogP contribution in [0.25, 0.3) is 0 Å². The van der Waals surface area contributed by atoms with Crippen LogP contribution in [-0.4, -0.2) is 15.4 Å². The summed E-state index contributed by atoms with van der Waals surface area (Å²) in [7, 11) is 0. The van der Waals surface area contributed by atoms with Crippen LogP contribution in [0.2, 0.25) is 0 Å². The zero-order valence-corrected chi connectivity index (χ0v) is 11.5. The average Bonchev–Trinajstić information content (AvgIpc) is 2.87. The van der Waals surface area contributed by atoms with Gasteiger partial charge in [-0.1, -0.05) is 17.3 Å². The molecule has 1 aromatic carbocycles. The molecule has 1 aromatic heterocycles. The molecular weight excluding hydrogens is 315 g/mol. The fourth-order valence-electron chi connectivity index (χ4n) is 1.44. The molecule has 0 radical (unpaired) electrons. The highest BCUT2D eigenvalue weighted by Gasteiger charge is 2.06. The minimum atomic E-state index is -0.356. The van der Waals surface area contributed by atoms with Gasteiger partial charge in [-0.05, 0) is 22.0 Å². The number of imidazole rings is 1. The maximum absolute atomic E-state index is 13.6. The maximum Gasteiger partial charge on any atom is 0.159 e. The van der Waals surface area contributed by atoms with E-state index in [9.17, 15) is 4.39 Å². The minimum Gasteiger partial charge on any atom is -0.389 e. The van der Waals surface area contributed by atoms with Crippen LogP contribution in [-0.2, 0) is 18.0 Å². The van der Waals surface area contributed by atoms with Gasteiger partial charge in [0.15, 0.2) is 5.84 Å². The van der Waals surface area contributed by atoms with Gasteiger partial charge in [0.1, 0.15) is 12.4 Å². The van der Waals surface area contributed by atoms with E-state index >= 15 is 0 Å². The van der Waals surface area contributed by atoms with Crippen LogP contribution >= 0.6 is 15.9 Å². The van der Waals surface area contributed by atoms with E-state index in [4.69, 9.17) is 10.6 Å². The molecule has 1 heterocycles. The van der Waals surface area contributed by atoms with E-state index in [2.05, 4.69) is 26.1 Å². The van der Waals surface area contributed by atoms with E-state index in [0.29, 0.717) is 16.6 Å². The van der Waals surface area contributed by atoms with Gasteiger partial charge in [-0.3, -0.25) is 0 Å². The summed E-state index contributed by atoms with van der Waals surface area (Å²) in [5.74, 6) is -0.0701. The van der Waals surface area contributed by atoms with Crippen LogP contribution in [0.3, 0.4) is 0 Å². The molecule has 0 aliphatic heterocycles. The van der Waals surface area contributed by atoms with E-state index in [-0.39, 0.29) is 18.3 Å². The molecule has 0 atom stereocenters. The van der Waals surface area contributed by atoms with Crippen molar-refractivity contribution in [3.63, 3.8) is 0 Å². The third-order valence-corrected chi connectivity index (χ3v) is 2.95. The largest absolute Gasteiger partial charge is 0.389 e. The summed E-state index contributed by atoms with van der Waals surface area (Å²) < 4.78 is 15.8. The number of hydrogen-bond acceptors (Lipinski definition) is 3. The summed E-state index contributed by atoms with van der Waals surface area (Å²) in [4.78, 5) is 8.92. The van der Waals surface area contributed by atoms with Crippen LogP contribution in [0.15, 0.2) is 46.5 Å². The van der Waals surface area contributed by atoms with Crippen molar-refractivity contribution in [2.45, 2.75) is 13.2 Å². The minimum absolute atomic E-state index is 0.0237. The van der Waals surface area contributed by atoms with Crippen LogP contribution in [0.5, 0.6) is 0 Å². The molecule has 0 aliphatic carbocycles. The van der Waals surface area contributed by atoms with E-state index in [1.165, 1.54) is 0 Å². The number of nitrogens with zero attached hydrogens (tertiary/aromatic N) is 3. The predicted molar refractivity (Wildman–Crippen MR) is 72.7 cm³/mol. The van der Waals surface area contributed by atoms with Gasteiger partial charge < -0.3 is 15.1 Å².